The lowest BCUT2D eigenvalue weighted by molar-refractivity contribution is -0.116. The Labute approximate surface area is 194 Å². The maximum Gasteiger partial charge on any atom is 0.337 e. The van der Waals surface area contributed by atoms with Crippen molar-refractivity contribution in [2.75, 3.05) is 12.4 Å². The van der Waals surface area contributed by atoms with Gasteiger partial charge in [-0.3, -0.25) is 14.2 Å². The Balaban J connectivity index is 1.57. The summed E-state index contributed by atoms with van der Waals surface area (Å²) in [7, 11) is 1.31. The summed E-state index contributed by atoms with van der Waals surface area (Å²) in [5.41, 5.74) is 3.61. The average Bonchev–Trinajstić information content (AvgIpc) is 3.26. The number of nitrogens with one attached hydrogen (secondary N) is 1. The van der Waals surface area contributed by atoms with Crippen molar-refractivity contribution in [2.45, 2.75) is 26.3 Å². The van der Waals surface area contributed by atoms with Crippen molar-refractivity contribution in [3.8, 4) is 11.1 Å². The van der Waals surface area contributed by atoms with Gasteiger partial charge >= 0.3 is 5.97 Å². The second-order valence-corrected chi connectivity index (χ2v) is 8.76. The lowest BCUT2D eigenvalue weighted by atomic mass is 9.99. The molecule has 0 radical (unpaired) electrons. The number of methoxy groups -OCH3 is 1. The molecule has 7 nitrogen and oxygen atoms in total. The first kappa shape index (κ1) is 22.4. The zero-order valence-electron chi connectivity index (χ0n) is 18.5. The van der Waals surface area contributed by atoms with Gasteiger partial charge in [-0.15, -0.1) is 11.3 Å². The Hall–Kier alpha value is -3.78. The fourth-order valence-electron chi connectivity index (χ4n) is 3.50. The molecule has 168 valence electrons. The van der Waals surface area contributed by atoms with Crippen LogP contribution in [0.1, 0.15) is 35.7 Å². The standard InChI is InChI=1S/C25H23N3O4S/c1-15(2)16-4-6-17(7-5-16)20-13-33-23-22(20)24(30)28(14-26-23)12-21(29)27-19-10-8-18(9-11-19)25(31)32-3/h4-11,13-15H,12H2,1-3H3,(H,27,29). The molecule has 1 N–H and O–H groups in total. The van der Waals surface area contributed by atoms with Gasteiger partial charge in [-0.05, 0) is 41.3 Å². The Bertz CT molecular complexity index is 1370. The van der Waals surface area contributed by atoms with Crippen LogP contribution in [0.4, 0.5) is 5.69 Å². The molecule has 0 saturated heterocycles. The number of carbonyl (C=O) groups is 2. The van der Waals surface area contributed by atoms with E-state index in [0.29, 0.717) is 27.4 Å². The summed E-state index contributed by atoms with van der Waals surface area (Å²) in [6, 6.07) is 14.5. The lowest BCUT2D eigenvalue weighted by Gasteiger charge is -2.09. The number of benzene rings is 2. The number of hydrogen-bond acceptors (Lipinski definition) is 6. The van der Waals surface area contributed by atoms with Gasteiger partial charge in [-0.25, -0.2) is 9.78 Å². The number of anilines is 1. The van der Waals surface area contributed by atoms with E-state index in [4.69, 9.17) is 0 Å². The predicted octanol–water partition coefficient (Wildman–Crippen LogP) is 4.67. The Morgan fingerprint density at radius 3 is 2.42 bits per heavy atom. The summed E-state index contributed by atoms with van der Waals surface area (Å²) in [6.07, 6.45) is 1.40. The SMILES string of the molecule is COC(=O)c1ccc(NC(=O)Cn2cnc3scc(-c4ccc(C(C)C)cc4)c3c2=O)cc1. The second kappa shape index (κ2) is 9.38. The van der Waals surface area contributed by atoms with Gasteiger partial charge in [-0.1, -0.05) is 38.1 Å². The van der Waals surface area contributed by atoms with Gasteiger partial charge in [0.2, 0.25) is 5.91 Å². The van der Waals surface area contributed by atoms with Crippen LogP contribution < -0.4 is 10.9 Å². The first-order valence-corrected chi connectivity index (χ1v) is 11.3. The number of amides is 1. The molecule has 4 aromatic rings. The van der Waals surface area contributed by atoms with Crippen molar-refractivity contribution in [1.82, 2.24) is 9.55 Å². The second-order valence-electron chi connectivity index (χ2n) is 7.90. The summed E-state index contributed by atoms with van der Waals surface area (Å²) in [5, 5.41) is 5.17. The quantitative estimate of drug-likeness (QED) is 0.421. The molecule has 0 fully saturated rings. The highest BCUT2D eigenvalue weighted by molar-refractivity contribution is 7.17. The zero-order valence-corrected chi connectivity index (χ0v) is 19.3. The van der Waals surface area contributed by atoms with E-state index in [9.17, 15) is 14.4 Å². The van der Waals surface area contributed by atoms with E-state index in [-0.39, 0.29) is 18.0 Å². The molecule has 33 heavy (non-hydrogen) atoms. The molecule has 0 spiro atoms. The summed E-state index contributed by atoms with van der Waals surface area (Å²) in [4.78, 5) is 42.3. The number of nitrogens with zero attached hydrogens (tertiary/aromatic N) is 2. The van der Waals surface area contributed by atoms with Crippen LogP contribution >= 0.6 is 11.3 Å². The van der Waals surface area contributed by atoms with E-state index in [1.54, 1.807) is 24.3 Å². The molecule has 0 aliphatic carbocycles. The van der Waals surface area contributed by atoms with Gasteiger partial charge in [0.15, 0.2) is 0 Å². The van der Waals surface area contributed by atoms with Crippen LogP contribution in [-0.4, -0.2) is 28.5 Å². The molecule has 1 amide bonds. The van der Waals surface area contributed by atoms with Gasteiger partial charge in [0, 0.05) is 16.6 Å². The molecule has 0 unspecified atom stereocenters. The first-order chi connectivity index (χ1) is 15.9. The van der Waals surface area contributed by atoms with E-state index in [1.807, 2.05) is 17.5 Å². The number of esters is 1. The number of ether oxygens (including phenoxy) is 1. The Kier molecular flexibility index (Phi) is 6.37. The van der Waals surface area contributed by atoms with Crippen molar-refractivity contribution in [3.05, 3.63) is 81.7 Å². The number of rotatable bonds is 6. The van der Waals surface area contributed by atoms with Crippen LogP contribution in [0.25, 0.3) is 21.3 Å². The lowest BCUT2D eigenvalue weighted by Crippen LogP contribution is -2.27. The van der Waals surface area contributed by atoms with Gasteiger partial charge in [0.05, 0.1) is 24.4 Å². The summed E-state index contributed by atoms with van der Waals surface area (Å²) < 4.78 is 5.97. The maximum atomic E-state index is 13.2. The van der Waals surface area contributed by atoms with Crippen molar-refractivity contribution in [1.29, 1.82) is 0 Å². The minimum absolute atomic E-state index is 0.178. The molecule has 2 aromatic heterocycles. The highest BCUT2D eigenvalue weighted by Crippen LogP contribution is 2.31. The number of aromatic nitrogens is 2. The van der Waals surface area contributed by atoms with Gasteiger partial charge in [-0.2, -0.15) is 0 Å². The van der Waals surface area contributed by atoms with Gasteiger partial charge in [0.1, 0.15) is 11.4 Å². The van der Waals surface area contributed by atoms with E-state index >= 15 is 0 Å². The highest BCUT2D eigenvalue weighted by atomic mass is 32.1. The normalized spacial score (nSPS) is 11.0. The molecule has 2 aromatic carbocycles. The molecule has 0 aliphatic heterocycles. The number of hydrogen-bond donors (Lipinski definition) is 1. The Morgan fingerprint density at radius 2 is 1.79 bits per heavy atom. The summed E-state index contributed by atoms with van der Waals surface area (Å²) >= 11 is 1.41. The smallest absolute Gasteiger partial charge is 0.337 e. The third-order valence-electron chi connectivity index (χ3n) is 5.35. The van der Waals surface area contributed by atoms with Crippen LogP contribution in [0.5, 0.6) is 0 Å². The van der Waals surface area contributed by atoms with Crippen molar-refractivity contribution in [2.24, 2.45) is 0 Å². The largest absolute Gasteiger partial charge is 0.465 e. The fourth-order valence-corrected chi connectivity index (χ4v) is 4.41. The molecule has 0 saturated carbocycles. The molecule has 0 atom stereocenters. The van der Waals surface area contributed by atoms with Crippen LogP contribution in [0, 0.1) is 0 Å². The molecular weight excluding hydrogens is 438 g/mol. The van der Waals surface area contributed by atoms with Crippen molar-refractivity contribution < 1.29 is 14.3 Å². The average molecular weight is 462 g/mol. The maximum absolute atomic E-state index is 13.2. The minimum Gasteiger partial charge on any atom is -0.465 e. The predicted molar refractivity (Wildman–Crippen MR) is 130 cm³/mol. The Morgan fingerprint density at radius 1 is 1.09 bits per heavy atom. The number of fused-ring (bicyclic) bond motifs is 1. The number of carbonyl (C=O) groups excluding carboxylic acids is 2. The molecule has 8 heteroatoms. The van der Waals surface area contributed by atoms with Crippen LogP contribution in [0.2, 0.25) is 0 Å². The van der Waals surface area contributed by atoms with Crippen molar-refractivity contribution >= 4 is 39.1 Å². The third kappa shape index (κ3) is 4.70. The first-order valence-electron chi connectivity index (χ1n) is 10.4. The zero-order chi connectivity index (χ0) is 23.5. The monoisotopic (exact) mass is 461 g/mol. The van der Waals surface area contributed by atoms with E-state index in [1.165, 1.54) is 34.9 Å². The third-order valence-corrected chi connectivity index (χ3v) is 6.24. The van der Waals surface area contributed by atoms with Crippen LogP contribution in [0.15, 0.2) is 65.0 Å². The molecule has 2 heterocycles. The van der Waals surface area contributed by atoms with Gasteiger partial charge < -0.3 is 10.1 Å². The van der Waals surface area contributed by atoms with Gasteiger partial charge in [0.25, 0.3) is 5.56 Å². The molecule has 0 aliphatic rings. The van der Waals surface area contributed by atoms with Crippen LogP contribution in [0.3, 0.4) is 0 Å². The number of thiophene rings is 1. The molecule has 4 rings (SSSR count). The van der Waals surface area contributed by atoms with E-state index in [0.717, 1.165) is 11.1 Å². The summed E-state index contributed by atoms with van der Waals surface area (Å²) in [5.74, 6) is -0.404. The van der Waals surface area contributed by atoms with E-state index in [2.05, 4.69) is 41.0 Å². The highest BCUT2D eigenvalue weighted by Gasteiger charge is 2.15. The fraction of sp³-hybridized carbons (Fsp3) is 0.200. The topological polar surface area (TPSA) is 90.3 Å². The minimum atomic E-state index is -0.454. The van der Waals surface area contributed by atoms with Crippen molar-refractivity contribution in [3.63, 3.8) is 0 Å². The molecular formula is C25H23N3O4S. The van der Waals surface area contributed by atoms with Crippen LogP contribution in [-0.2, 0) is 16.1 Å². The van der Waals surface area contributed by atoms with E-state index < -0.39 is 5.97 Å². The molecule has 0 bridgehead atoms. The summed E-state index contributed by atoms with van der Waals surface area (Å²) in [6.45, 7) is 4.09.